The number of amides is 1. The van der Waals surface area contributed by atoms with Crippen LogP contribution in [0.15, 0.2) is 40.9 Å². The Kier molecular flexibility index (Phi) is 4.68. The first-order valence-corrected chi connectivity index (χ1v) is 9.60. The fourth-order valence-corrected chi connectivity index (χ4v) is 3.63. The van der Waals surface area contributed by atoms with Gasteiger partial charge in [-0.1, -0.05) is 35.5 Å². The molecule has 1 aliphatic heterocycles. The van der Waals surface area contributed by atoms with Gasteiger partial charge in [-0.25, -0.2) is 13.1 Å². The summed E-state index contributed by atoms with van der Waals surface area (Å²) in [5, 5.41) is 3.86. The summed E-state index contributed by atoms with van der Waals surface area (Å²) < 4.78 is 30.5. The number of carbonyl (C=O) groups is 1. The van der Waals surface area contributed by atoms with Crippen molar-refractivity contribution in [2.75, 3.05) is 19.3 Å². The Morgan fingerprint density at radius 2 is 2.08 bits per heavy atom. The molecule has 7 nitrogen and oxygen atoms in total. The Balaban J connectivity index is 1.71. The lowest BCUT2D eigenvalue weighted by molar-refractivity contribution is 0.0692. The minimum Gasteiger partial charge on any atom is -0.355 e. The summed E-state index contributed by atoms with van der Waals surface area (Å²) in [7, 11) is -3.29. The number of rotatable bonds is 4. The van der Waals surface area contributed by atoms with Crippen molar-refractivity contribution in [3.63, 3.8) is 0 Å². The number of hydrogen-bond donors (Lipinski definition) is 1. The third kappa shape index (κ3) is 4.01. The number of benzene rings is 1. The van der Waals surface area contributed by atoms with Crippen molar-refractivity contribution in [1.82, 2.24) is 14.8 Å². The lowest BCUT2D eigenvalue weighted by Crippen LogP contribution is -2.49. The van der Waals surface area contributed by atoms with E-state index in [-0.39, 0.29) is 17.6 Å². The normalized spacial score (nSPS) is 18.5. The van der Waals surface area contributed by atoms with Gasteiger partial charge >= 0.3 is 0 Å². The number of carbonyl (C=O) groups excluding carboxylic acids is 1. The van der Waals surface area contributed by atoms with Crippen LogP contribution in [-0.2, 0) is 10.0 Å². The number of piperidine rings is 1. The second-order valence-corrected chi connectivity index (χ2v) is 7.70. The van der Waals surface area contributed by atoms with Crippen LogP contribution in [0.5, 0.6) is 0 Å². The van der Waals surface area contributed by atoms with E-state index in [0.717, 1.165) is 18.2 Å². The van der Waals surface area contributed by atoms with E-state index >= 15 is 0 Å². The molecular formula is C16H19N3O4S. The summed E-state index contributed by atoms with van der Waals surface area (Å²) in [6.45, 7) is 0.910. The van der Waals surface area contributed by atoms with Crippen LogP contribution in [0.1, 0.15) is 23.3 Å². The predicted octanol–water partition coefficient (Wildman–Crippen LogP) is 1.50. The first-order valence-electron chi connectivity index (χ1n) is 7.71. The van der Waals surface area contributed by atoms with Crippen molar-refractivity contribution in [2.45, 2.75) is 18.9 Å². The SMILES string of the molecule is CS(=O)(=O)N[C@H]1CCCN(C(=O)c2cc(-c3ccccc3)on2)C1. The highest BCUT2D eigenvalue weighted by atomic mass is 32.2. The van der Waals surface area contributed by atoms with E-state index in [4.69, 9.17) is 4.52 Å². The summed E-state index contributed by atoms with van der Waals surface area (Å²) in [4.78, 5) is 14.2. The van der Waals surface area contributed by atoms with Crippen molar-refractivity contribution in [2.24, 2.45) is 0 Å². The Hall–Kier alpha value is -2.19. The molecule has 1 aromatic heterocycles. The monoisotopic (exact) mass is 349 g/mol. The molecule has 1 aromatic carbocycles. The van der Waals surface area contributed by atoms with Crippen molar-refractivity contribution < 1.29 is 17.7 Å². The van der Waals surface area contributed by atoms with E-state index in [0.29, 0.717) is 25.3 Å². The summed E-state index contributed by atoms with van der Waals surface area (Å²) in [6.07, 6.45) is 2.57. The topological polar surface area (TPSA) is 92.5 Å². The molecule has 1 N–H and O–H groups in total. The van der Waals surface area contributed by atoms with E-state index in [9.17, 15) is 13.2 Å². The van der Waals surface area contributed by atoms with Crippen molar-refractivity contribution in [1.29, 1.82) is 0 Å². The minimum atomic E-state index is -3.29. The molecule has 1 aliphatic rings. The average molecular weight is 349 g/mol. The Morgan fingerprint density at radius 1 is 1.33 bits per heavy atom. The van der Waals surface area contributed by atoms with Crippen LogP contribution in [-0.4, -0.2) is 49.8 Å². The molecule has 0 bridgehead atoms. The third-order valence-corrected chi connectivity index (χ3v) is 4.64. The molecule has 1 amide bonds. The van der Waals surface area contributed by atoms with Gasteiger partial charge in [-0.15, -0.1) is 0 Å². The maximum absolute atomic E-state index is 12.6. The molecule has 8 heteroatoms. The second kappa shape index (κ2) is 6.74. The number of sulfonamides is 1. The van der Waals surface area contributed by atoms with Gasteiger partial charge in [-0.2, -0.15) is 0 Å². The molecule has 24 heavy (non-hydrogen) atoms. The van der Waals surface area contributed by atoms with E-state index < -0.39 is 10.0 Å². The predicted molar refractivity (Wildman–Crippen MR) is 88.8 cm³/mol. The smallest absolute Gasteiger partial charge is 0.276 e. The van der Waals surface area contributed by atoms with Crippen LogP contribution in [0.4, 0.5) is 0 Å². The van der Waals surface area contributed by atoms with E-state index in [1.807, 2.05) is 30.3 Å². The van der Waals surface area contributed by atoms with Gasteiger partial charge < -0.3 is 9.42 Å². The van der Waals surface area contributed by atoms with Gasteiger partial charge in [0.25, 0.3) is 5.91 Å². The fraction of sp³-hybridized carbons (Fsp3) is 0.375. The van der Waals surface area contributed by atoms with Gasteiger partial charge in [0.05, 0.1) is 6.26 Å². The largest absolute Gasteiger partial charge is 0.355 e. The average Bonchev–Trinajstić information content (AvgIpc) is 3.03. The first kappa shape index (κ1) is 16.7. The van der Waals surface area contributed by atoms with Gasteiger partial charge in [-0.3, -0.25) is 4.79 Å². The zero-order valence-corrected chi connectivity index (χ0v) is 14.1. The highest BCUT2D eigenvalue weighted by molar-refractivity contribution is 7.88. The zero-order valence-electron chi connectivity index (χ0n) is 13.3. The highest BCUT2D eigenvalue weighted by Gasteiger charge is 2.28. The molecule has 1 fully saturated rings. The summed E-state index contributed by atoms with van der Waals surface area (Å²) in [6, 6.07) is 10.8. The fourth-order valence-electron chi connectivity index (χ4n) is 2.84. The third-order valence-electron chi connectivity index (χ3n) is 3.88. The van der Waals surface area contributed by atoms with E-state index in [1.165, 1.54) is 0 Å². The van der Waals surface area contributed by atoms with Crippen LogP contribution in [0.25, 0.3) is 11.3 Å². The van der Waals surface area contributed by atoms with Gasteiger partial charge in [-0.05, 0) is 12.8 Å². The van der Waals surface area contributed by atoms with E-state index in [1.54, 1.807) is 11.0 Å². The number of likely N-dealkylation sites (tertiary alicyclic amines) is 1. The second-order valence-electron chi connectivity index (χ2n) is 5.92. The maximum atomic E-state index is 12.6. The molecule has 0 radical (unpaired) electrons. The van der Waals surface area contributed by atoms with Crippen molar-refractivity contribution in [3.8, 4) is 11.3 Å². The molecule has 1 atom stereocenters. The van der Waals surface area contributed by atoms with Crippen LogP contribution in [0.2, 0.25) is 0 Å². The van der Waals surface area contributed by atoms with Gasteiger partial charge in [0, 0.05) is 30.8 Å². The molecule has 0 aliphatic carbocycles. The molecule has 0 spiro atoms. The molecule has 0 saturated carbocycles. The highest BCUT2D eigenvalue weighted by Crippen LogP contribution is 2.21. The van der Waals surface area contributed by atoms with Crippen LogP contribution < -0.4 is 4.72 Å². The standard InChI is InChI=1S/C16H19N3O4S/c1-24(21,22)18-13-8-5-9-19(11-13)16(20)14-10-15(23-17-14)12-6-3-2-4-7-12/h2-4,6-7,10,13,18H,5,8-9,11H2,1H3/t13-/m0/s1. The molecule has 0 unspecified atom stereocenters. The molecule has 128 valence electrons. The van der Waals surface area contributed by atoms with Gasteiger partial charge in [0.15, 0.2) is 11.5 Å². The summed E-state index contributed by atoms with van der Waals surface area (Å²) in [5.74, 6) is 0.280. The maximum Gasteiger partial charge on any atom is 0.276 e. The van der Waals surface area contributed by atoms with Gasteiger partial charge in [0.1, 0.15) is 0 Å². The molecule has 1 saturated heterocycles. The lowest BCUT2D eigenvalue weighted by Gasteiger charge is -2.32. The first-order chi connectivity index (χ1) is 11.4. The minimum absolute atomic E-state index is 0.230. The molecule has 2 aromatic rings. The number of nitrogens with one attached hydrogen (secondary N) is 1. The Labute approximate surface area is 140 Å². The summed E-state index contributed by atoms with van der Waals surface area (Å²) >= 11 is 0. The van der Waals surface area contributed by atoms with Crippen molar-refractivity contribution in [3.05, 3.63) is 42.1 Å². The van der Waals surface area contributed by atoms with Crippen LogP contribution >= 0.6 is 0 Å². The quantitative estimate of drug-likeness (QED) is 0.903. The number of nitrogens with zero attached hydrogens (tertiary/aromatic N) is 2. The molecule has 2 heterocycles. The zero-order chi connectivity index (χ0) is 17.2. The Morgan fingerprint density at radius 3 is 2.79 bits per heavy atom. The van der Waals surface area contributed by atoms with E-state index in [2.05, 4.69) is 9.88 Å². The summed E-state index contributed by atoms with van der Waals surface area (Å²) in [5.41, 5.74) is 1.08. The lowest BCUT2D eigenvalue weighted by atomic mass is 10.1. The Bertz CT molecular complexity index is 817. The van der Waals surface area contributed by atoms with Gasteiger partial charge in [0.2, 0.25) is 10.0 Å². The number of hydrogen-bond acceptors (Lipinski definition) is 5. The van der Waals surface area contributed by atoms with Crippen LogP contribution in [0.3, 0.4) is 0 Å². The van der Waals surface area contributed by atoms with Crippen molar-refractivity contribution >= 4 is 15.9 Å². The van der Waals surface area contributed by atoms with Crippen LogP contribution in [0, 0.1) is 0 Å². The molecular weight excluding hydrogens is 330 g/mol. The number of aromatic nitrogens is 1. The molecule has 3 rings (SSSR count).